The standard InChI is InChI=1S/C14H16BrNO2S/c1-14(2,3)19(17,18)16-13-9-8-12(15)10-6-4-5-7-11(10)13/h4-9,16H,1-3H3. The third-order valence-electron chi connectivity index (χ3n) is 2.92. The van der Waals surface area contributed by atoms with Gasteiger partial charge in [0.1, 0.15) is 0 Å². The summed E-state index contributed by atoms with van der Waals surface area (Å²) < 4.78 is 27.2. The first kappa shape index (κ1) is 14.3. The van der Waals surface area contributed by atoms with Crippen LogP contribution in [-0.2, 0) is 10.0 Å². The summed E-state index contributed by atoms with van der Waals surface area (Å²) in [6.45, 7) is 5.03. The number of hydrogen-bond acceptors (Lipinski definition) is 2. The molecule has 0 bridgehead atoms. The molecule has 0 radical (unpaired) electrons. The molecule has 2 rings (SSSR count). The second kappa shape index (κ2) is 4.80. The van der Waals surface area contributed by atoms with Gasteiger partial charge >= 0.3 is 0 Å². The van der Waals surface area contributed by atoms with Gasteiger partial charge in [-0.15, -0.1) is 0 Å². The minimum atomic E-state index is -3.42. The van der Waals surface area contributed by atoms with Gasteiger partial charge in [0.25, 0.3) is 0 Å². The van der Waals surface area contributed by atoms with Crippen LogP contribution in [0.15, 0.2) is 40.9 Å². The number of fused-ring (bicyclic) bond motifs is 1. The lowest BCUT2D eigenvalue weighted by molar-refractivity contribution is 0.566. The van der Waals surface area contributed by atoms with Crippen molar-refractivity contribution in [2.75, 3.05) is 4.72 Å². The highest BCUT2D eigenvalue weighted by molar-refractivity contribution is 9.10. The van der Waals surface area contributed by atoms with Crippen molar-refractivity contribution in [2.45, 2.75) is 25.5 Å². The van der Waals surface area contributed by atoms with E-state index >= 15 is 0 Å². The molecule has 0 fully saturated rings. The van der Waals surface area contributed by atoms with Crippen molar-refractivity contribution < 1.29 is 8.42 Å². The lowest BCUT2D eigenvalue weighted by Gasteiger charge is -2.21. The topological polar surface area (TPSA) is 46.2 Å². The minimum Gasteiger partial charge on any atom is -0.282 e. The summed E-state index contributed by atoms with van der Waals surface area (Å²) in [5.74, 6) is 0. The van der Waals surface area contributed by atoms with Gasteiger partial charge in [-0.1, -0.05) is 40.2 Å². The van der Waals surface area contributed by atoms with Crippen LogP contribution in [0.2, 0.25) is 0 Å². The Morgan fingerprint density at radius 2 is 1.58 bits per heavy atom. The van der Waals surface area contributed by atoms with Crippen molar-refractivity contribution in [1.29, 1.82) is 0 Å². The summed E-state index contributed by atoms with van der Waals surface area (Å²) in [5.41, 5.74) is 0.605. The Kier molecular flexibility index (Phi) is 3.62. The van der Waals surface area contributed by atoms with E-state index in [1.165, 1.54) is 0 Å². The van der Waals surface area contributed by atoms with E-state index in [9.17, 15) is 8.42 Å². The molecular weight excluding hydrogens is 326 g/mol. The molecule has 0 unspecified atom stereocenters. The first-order chi connectivity index (χ1) is 8.72. The van der Waals surface area contributed by atoms with Gasteiger partial charge in [0.05, 0.1) is 10.4 Å². The Hall–Kier alpha value is -1.07. The molecular formula is C14H16BrNO2S. The van der Waals surface area contributed by atoms with E-state index in [1.54, 1.807) is 26.8 Å². The summed E-state index contributed by atoms with van der Waals surface area (Å²) in [5, 5.41) is 1.86. The van der Waals surface area contributed by atoms with Gasteiger partial charge in [0.2, 0.25) is 10.0 Å². The quantitative estimate of drug-likeness (QED) is 0.891. The molecule has 0 aliphatic heterocycles. The van der Waals surface area contributed by atoms with Gasteiger partial charge in [0, 0.05) is 9.86 Å². The van der Waals surface area contributed by atoms with E-state index in [0.29, 0.717) is 5.69 Å². The molecule has 0 atom stereocenters. The number of nitrogens with one attached hydrogen (secondary N) is 1. The Morgan fingerprint density at radius 1 is 1.00 bits per heavy atom. The van der Waals surface area contributed by atoms with Crippen LogP contribution in [0.3, 0.4) is 0 Å². The molecule has 19 heavy (non-hydrogen) atoms. The molecule has 3 nitrogen and oxygen atoms in total. The second-order valence-electron chi connectivity index (χ2n) is 5.36. The lowest BCUT2D eigenvalue weighted by atomic mass is 10.1. The lowest BCUT2D eigenvalue weighted by Crippen LogP contribution is -2.33. The van der Waals surface area contributed by atoms with Crippen molar-refractivity contribution >= 4 is 42.4 Å². The molecule has 0 saturated carbocycles. The van der Waals surface area contributed by atoms with E-state index in [1.807, 2.05) is 30.3 Å². The van der Waals surface area contributed by atoms with Crippen molar-refractivity contribution in [1.82, 2.24) is 0 Å². The zero-order chi connectivity index (χ0) is 14.3. The second-order valence-corrected chi connectivity index (χ2v) is 8.65. The van der Waals surface area contributed by atoms with Gasteiger partial charge < -0.3 is 0 Å². The monoisotopic (exact) mass is 341 g/mol. The van der Waals surface area contributed by atoms with Crippen LogP contribution >= 0.6 is 15.9 Å². The number of benzene rings is 2. The largest absolute Gasteiger partial charge is 0.282 e. The molecule has 0 saturated heterocycles. The van der Waals surface area contributed by atoms with E-state index in [-0.39, 0.29) is 0 Å². The molecule has 5 heteroatoms. The smallest absolute Gasteiger partial charge is 0.237 e. The molecule has 0 heterocycles. The van der Waals surface area contributed by atoms with Crippen molar-refractivity contribution in [3.05, 3.63) is 40.9 Å². The maximum absolute atomic E-state index is 12.2. The van der Waals surface area contributed by atoms with Gasteiger partial charge in [0.15, 0.2) is 0 Å². The maximum Gasteiger partial charge on any atom is 0.237 e. The summed E-state index contributed by atoms with van der Waals surface area (Å²) in [4.78, 5) is 0. The SMILES string of the molecule is CC(C)(C)S(=O)(=O)Nc1ccc(Br)c2ccccc12. The highest BCUT2D eigenvalue weighted by Gasteiger charge is 2.29. The van der Waals surface area contributed by atoms with Crippen LogP contribution in [0.5, 0.6) is 0 Å². The van der Waals surface area contributed by atoms with Crippen molar-refractivity contribution in [2.24, 2.45) is 0 Å². The van der Waals surface area contributed by atoms with Gasteiger partial charge in [-0.25, -0.2) is 8.42 Å². The van der Waals surface area contributed by atoms with Gasteiger partial charge in [-0.05, 0) is 38.3 Å². The third kappa shape index (κ3) is 2.77. The van der Waals surface area contributed by atoms with Crippen LogP contribution in [0.1, 0.15) is 20.8 Å². The molecule has 2 aromatic rings. The molecule has 0 aromatic heterocycles. The number of hydrogen-bond donors (Lipinski definition) is 1. The number of anilines is 1. The fourth-order valence-electron chi connectivity index (χ4n) is 1.65. The average molecular weight is 342 g/mol. The first-order valence-electron chi connectivity index (χ1n) is 5.92. The molecule has 0 amide bonds. The van der Waals surface area contributed by atoms with E-state index in [2.05, 4.69) is 20.7 Å². The van der Waals surface area contributed by atoms with E-state index < -0.39 is 14.8 Å². The van der Waals surface area contributed by atoms with Gasteiger partial charge in [-0.2, -0.15) is 0 Å². The summed E-state index contributed by atoms with van der Waals surface area (Å²) in [7, 11) is -3.42. The Bertz CT molecular complexity index is 718. The average Bonchev–Trinajstić information content (AvgIpc) is 2.32. The van der Waals surface area contributed by atoms with Crippen LogP contribution in [0.4, 0.5) is 5.69 Å². The molecule has 0 aliphatic carbocycles. The summed E-state index contributed by atoms with van der Waals surface area (Å²) >= 11 is 3.47. The molecule has 1 N–H and O–H groups in total. The van der Waals surface area contributed by atoms with Crippen LogP contribution in [0, 0.1) is 0 Å². The third-order valence-corrected chi connectivity index (χ3v) is 5.71. The first-order valence-corrected chi connectivity index (χ1v) is 8.19. The van der Waals surface area contributed by atoms with Crippen LogP contribution in [-0.4, -0.2) is 13.2 Å². The maximum atomic E-state index is 12.2. The highest BCUT2D eigenvalue weighted by Crippen LogP contribution is 2.31. The number of halogens is 1. The predicted molar refractivity (Wildman–Crippen MR) is 83.9 cm³/mol. The predicted octanol–water partition coefficient (Wildman–Crippen LogP) is 4.14. The fourth-order valence-corrected chi connectivity index (χ4v) is 2.90. The zero-order valence-corrected chi connectivity index (χ0v) is 13.5. The molecule has 0 spiro atoms. The number of rotatable bonds is 2. The Balaban J connectivity index is 2.57. The van der Waals surface area contributed by atoms with Crippen LogP contribution < -0.4 is 4.72 Å². The number of sulfonamides is 1. The summed E-state index contributed by atoms with van der Waals surface area (Å²) in [6.07, 6.45) is 0. The summed E-state index contributed by atoms with van der Waals surface area (Å²) in [6, 6.07) is 11.3. The van der Waals surface area contributed by atoms with Crippen molar-refractivity contribution in [3.63, 3.8) is 0 Å². The minimum absolute atomic E-state index is 0.605. The van der Waals surface area contributed by atoms with Crippen LogP contribution in [0.25, 0.3) is 10.8 Å². The van der Waals surface area contributed by atoms with Crippen molar-refractivity contribution in [3.8, 4) is 0 Å². The molecule has 0 aliphatic rings. The molecule has 2 aromatic carbocycles. The van der Waals surface area contributed by atoms with Gasteiger partial charge in [-0.3, -0.25) is 4.72 Å². The molecule has 102 valence electrons. The highest BCUT2D eigenvalue weighted by atomic mass is 79.9. The van der Waals surface area contributed by atoms with E-state index in [0.717, 1.165) is 15.2 Å². The Labute approximate surface area is 122 Å². The van der Waals surface area contributed by atoms with E-state index in [4.69, 9.17) is 0 Å². The zero-order valence-electron chi connectivity index (χ0n) is 11.1. The Morgan fingerprint density at radius 3 is 2.16 bits per heavy atom. The normalized spacial score (nSPS) is 12.6. The fraction of sp³-hybridized carbons (Fsp3) is 0.286.